The van der Waals surface area contributed by atoms with Crippen molar-refractivity contribution >= 4 is 17.3 Å². The molecule has 0 aliphatic heterocycles. The molecule has 0 radical (unpaired) electrons. The lowest BCUT2D eigenvalue weighted by Crippen LogP contribution is -2.36. The van der Waals surface area contributed by atoms with Gasteiger partial charge in [-0.05, 0) is 25.8 Å². The Morgan fingerprint density at radius 1 is 1.45 bits per heavy atom. The third kappa shape index (κ3) is 3.64. The third-order valence-electron chi connectivity index (χ3n) is 2.99. The van der Waals surface area contributed by atoms with Gasteiger partial charge in [0.1, 0.15) is 5.92 Å². The summed E-state index contributed by atoms with van der Waals surface area (Å²) in [5, 5.41) is 10.2. The smallest absolute Gasteiger partial charge is 0.195 e. The van der Waals surface area contributed by atoms with Crippen molar-refractivity contribution in [3.05, 3.63) is 11.6 Å². The van der Waals surface area contributed by atoms with Gasteiger partial charge >= 0.3 is 0 Å². The van der Waals surface area contributed by atoms with Gasteiger partial charge in [0, 0.05) is 6.42 Å². The van der Waals surface area contributed by atoms with Crippen molar-refractivity contribution in [2.75, 3.05) is 0 Å². The zero-order chi connectivity index (χ0) is 15.5. The molecule has 1 aliphatic carbocycles. The molecule has 0 aromatic rings. The number of rotatable bonds is 3. The summed E-state index contributed by atoms with van der Waals surface area (Å²) in [5.41, 5.74) is -1.09. The molecule has 2 atom stereocenters. The number of hydrogen-bond donors (Lipinski definition) is 1. The Bertz CT molecular complexity index is 526. The van der Waals surface area contributed by atoms with Crippen LogP contribution in [0.1, 0.15) is 40.5 Å². The van der Waals surface area contributed by atoms with Crippen LogP contribution in [0.3, 0.4) is 0 Å². The minimum absolute atomic E-state index is 0.0635. The fourth-order valence-electron chi connectivity index (χ4n) is 2.08. The van der Waals surface area contributed by atoms with Crippen molar-refractivity contribution < 1.29 is 19.5 Å². The topological polar surface area (TPSA) is 71.4 Å². The molecule has 1 aliphatic rings. The molecule has 1 saturated carbocycles. The van der Waals surface area contributed by atoms with Crippen LogP contribution in [0.2, 0.25) is 0 Å². The van der Waals surface area contributed by atoms with Crippen LogP contribution in [0, 0.1) is 23.7 Å². The fourth-order valence-corrected chi connectivity index (χ4v) is 2.08. The molecule has 0 aromatic heterocycles. The van der Waals surface area contributed by atoms with E-state index in [4.69, 9.17) is 0 Å². The van der Waals surface area contributed by atoms with Crippen LogP contribution < -0.4 is 0 Å². The molecule has 4 nitrogen and oxygen atoms in total. The number of carbonyl (C=O) groups excluding carboxylic acids is 3. The number of aliphatic hydroxyl groups is 1. The molecule has 0 spiro atoms. The number of Topliss-reactive ketones (excluding diaryl/α,β-unsaturated/α-hetero) is 3. The van der Waals surface area contributed by atoms with E-state index in [0.29, 0.717) is 0 Å². The molecule has 108 valence electrons. The first kappa shape index (κ1) is 16.3. The maximum absolute atomic E-state index is 12.1. The molecular formula is C16H20O4. The number of carbonyl (C=O) groups is 3. The molecule has 0 saturated heterocycles. The Labute approximate surface area is 119 Å². The predicted octanol–water partition coefficient (Wildman–Crippen LogP) is 1.46. The van der Waals surface area contributed by atoms with Gasteiger partial charge in [0.25, 0.3) is 0 Å². The quantitative estimate of drug-likeness (QED) is 0.625. The summed E-state index contributed by atoms with van der Waals surface area (Å²) in [4.78, 5) is 35.9. The van der Waals surface area contributed by atoms with Gasteiger partial charge in [-0.3, -0.25) is 14.4 Å². The second-order valence-corrected chi connectivity index (χ2v) is 5.86. The van der Waals surface area contributed by atoms with Crippen LogP contribution in [0.5, 0.6) is 0 Å². The number of allylic oxidation sites excluding steroid dienone is 2. The standard InChI is InChI=1S/C16H20O4/c1-10(2)6-5-7-16(20)9-13(18)14(15(16)19)12(17)8-11(3)4/h6,11,14,20H,8-9H2,1-4H3. The summed E-state index contributed by atoms with van der Waals surface area (Å²) in [6.07, 6.45) is 1.31. The first-order valence-electron chi connectivity index (χ1n) is 6.65. The van der Waals surface area contributed by atoms with Crippen molar-refractivity contribution in [2.24, 2.45) is 11.8 Å². The van der Waals surface area contributed by atoms with Crippen LogP contribution in [-0.2, 0) is 14.4 Å². The van der Waals surface area contributed by atoms with Crippen LogP contribution in [0.4, 0.5) is 0 Å². The Kier molecular flexibility index (Phi) is 5.02. The summed E-state index contributed by atoms with van der Waals surface area (Å²) < 4.78 is 0. The van der Waals surface area contributed by atoms with Gasteiger partial charge in [0.05, 0.1) is 6.42 Å². The summed E-state index contributed by atoms with van der Waals surface area (Å²) in [7, 11) is 0. The molecule has 0 amide bonds. The molecular weight excluding hydrogens is 256 g/mol. The Morgan fingerprint density at radius 3 is 2.55 bits per heavy atom. The van der Waals surface area contributed by atoms with E-state index in [2.05, 4.69) is 11.8 Å². The van der Waals surface area contributed by atoms with Crippen LogP contribution >= 0.6 is 0 Å². The van der Waals surface area contributed by atoms with Crippen LogP contribution in [0.15, 0.2) is 11.6 Å². The largest absolute Gasteiger partial charge is 0.370 e. The van der Waals surface area contributed by atoms with Crippen LogP contribution in [-0.4, -0.2) is 28.1 Å². The number of ketones is 3. The molecule has 4 heteroatoms. The zero-order valence-electron chi connectivity index (χ0n) is 12.3. The van der Waals surface area contributed by atoms with E-state index in [0.717, 1.165) is 5.57 Å². The van der Waals surface area contributed by atoms with E-state index in [1.165, 1.54) is 0 Å². The van der Waals surface area contributed by atoms with E-state index in [1.54, 1.807) is 6.08 Å². The van der Waals surface area contributed by atoms with Crippen molar-refractivity contribution in [2.45, 2.75) is 46.1 Å². The average Bonchev–Trinajstić information content (AvgIpc) is 2.48. The maximum Gasteiger partial charge on any atom is 0.195 e. The second-order valence-electron chi connectivity index (χ2n) is 5.86. The van der Waals surface area contributed by atoms with Gasteiger partial charge in [-0.15, -0.1) is 0 Å². The lowest BCUT2D eigenvalue weighted by atomic mass is 9.91. The molecule has 2 unspecified atom stereocenters. The molecule has 0 aromatic carbocycles. The lowest BCUT2D eigenvalue weighted by Gasteiger charge is -2.13. The predicted molar refractivity (Wildman–Crippen MR) is 74.7 cm³/mol. The molecule has 1 rings (SSSR count). The van der Waals surface area contributed by atoms with E-state index in [1.807, 2.05) is 27.7 Å². The highest BCUT2D eigenvalue weighted by Crippen LogP contribution is 2.29. The normalized spacial score (nSPS) is 25.4. The summed E-state index contributed by atoms with van der Waals surface area (Å²) in [5.74, 6) is 1.98. The van der Waals surface area contributed by atoms with E-state index < -0.39 is 35.3 Å². The molecule has 1 N–H and O–H groups in total. The minimum atomic E-state index is -2.01. The van der Waals surface area contributed by atoms with E-state index in [9.17, 15) is 19.5 Å². The van der Waals surface area contributed by atoms with Crippen LogP contribution in [0.25, 0.3) is 0 Å². The third-order valence-corrected chi connectivity index (χ3v) is 2.99. The van der Waals surface area contributed by atoms with E-state index >= 15 is 0 Å². The molecule has 20 heavy (non-hydrogen) atoms. The Morgan fingerprint density at radius 2 is 2.05 bits per heavy atom. The highest BCUT2D eigenvalue weighted by Gasteiger charge is 2.53. The first-order chi connectivity index (χ1) is 9.17. The van der Waals surface area contributed by atoms with Crippen molar-refractivity contribution in [1.29, 1.82) is 0 Å². The Hall–Kier alpha value is -1.73. The second kappa shape index (κ2) is 6.15. The lowest BCUT2D eigenvalue weighted by molar-refractivity contribution is -0.139. The molecule has 1 fully saturated rings. The molecule has 0 heterocycles. The average molecular weight is 276 g/mol. The van der Waals surface area contributed by atoms with Gasteiger partial charge < -0.3 is 5.11 Å². The van der Waals surface area contributed by atoms with Crippen molar-refractivity contribution in [3.63, 3.8) is 0 Å². The summed E-state index contributed by atoms with van der Waals surface area (Å²) >= 11 is 0. The molecule has 0 bridgehead atoms. The van der Waals surface area contributed by atoms with E-state index in [-0.39, 0.29) is 12.3 Å². The monoisotopic (exact) mass is 276 g/mol. The minimum Gasteiger partial charge on any atom is -0.370 e. The zero-order valence-corrected chi connectivity index (χ0v) is 12.3. The van der Waals surface area contributed by atoms with Gasteiger partial charge in [0.2, 0.25) is 0 Å². The number of hydrogen-bond acceptors (Lipinski definition) is 4. The Balaban J connectivity index is 2.98. The SMILES string of the molecule is CC(C)=CC#CC1(O)CC(=O)C(C(=O)CC(C)C)C1=O. The summed E-state index contributed by atoms with van der Waals surface area (Å²) in [6.45, 7) is 7.33. The van der Waals surface area contributed by atoms with Crippen molar-refractivity contribution in [1.82, 2.24) is 0 Å². The van der Waals surface area contributed by atoms with Gasteiger partial charge in [0.15, 0.2) is 23.0 Å². The van der Waals surface area contributed by atoms with Gasteiger partial charge in [-0.1, -0.05) is 31.3 Å². The highest BCUT2D eigenvalue weighted by atomic mass is 16.3. The maximum atomic E-state index is 12.1. The van der Waals surface area contributed by atoms with Gasteiger partial charge in [-0.25, -0.2) is 0 Å². The summed E-state index contributed by atoms with van der Waals surface area (Å²) in [6, 6.07) is 0. The highest BCUT2D eigenvalue weighted by molar-refractivity contribution is 6.27. The first-order valence-corrected chi connectivity index (χ1v) is 6.65. The fraction of sp³-hybridized carbons (Fsp3) is 0.562. The van der Waals surface area contributed by atoms with Crippen molar-refractivity contribution in [3.8, 4) is 11.8 Å². The van der Waals surface area contributed by atoms with Gasteiger partial charge in [-0.2, -0.15) is 0 Å².